The average molecular weight is 432 g/mol. The Bertz CT molecular complexity index is 823. The minimum Gasteiger partial charge on any atom is -0.325 e. The van der Waals surface area contributed by atoms with Crippen LogP contribution < -0.4 is 10.6 Å². The summed E-state index contributed by atoms with van der Waals surface area (Å²) in [4.78, 5) is 24.0. The van der Waals surface area contributed by atoms with Crippen molar-refractivity contribution in [2.75, 3.05) is 16.4 Å². The van der Waals surface area contributed by atoms with Gasteiger partial charge in [-0.25, -0.2) is 0 Å². The van der Waals surface area contributed by atoms with Gasteiger partial charge in [0, 0.05) is 11.6 Å². The Balaban J connectivity index is 1.87. The molecule has 1 heterocycles. The summed E-state index contributed by atoms with van der Waals surface area (Å²) in [7, 11) is 0. The van der Waals surface area contributed by atoms with Gasteiger partial charge in [0.1, 0.15) is 0 Å². The van der Waals surface area contributed by atoms with Crippen LogP contribution in [0.1, 0.15) is 32.3 Å². The highest BCUT2D eigenvalue weighted by Crippen LogP contribution is 2.31. The molecule has 2 N–H and O–H groups in total. The predicted octanol–water partition coefficient (Wildman–Crippen LogP) is 4.66. The van der Waals surface area contributed by atoms with E-state index in [1.165, 1.54) is 12.1 Å². The summed E-state index contributed by atoms with van der Waals surface area (Å²) in [5, 5.41) is 13.2. The van der Waals surface area contributed by atoms with Crippen molar-refractivity contribution < 1.29 is 22.8 Å². The molecule has 152 valence electrons. The molecule has 6 nitrogen and oxygen atoms in total. The summed E-state index contributed by atoms with van der Waals surface area (Å²) >= 11 is 2.22. The van der Waals surface area contributed by atoms with Crippen LogP contribution in [-0.2, 0) is 15.8 Å². The standard InChI is InChI=1S/C17H19F3N4O2S2/c1-3-10(4-2)14(26)22-15-23-24-16(28-15)27-9-13(25)21-12-7-5-6-11(8-12)17(18,19)20/h5-8,10H,3-4,9H2,1-2H3,(H,21,25)(H,22,23,26). The molecular formula is C17H19F3N4O2S2. The largest absolute Gasteiger partial charge is 0.416 e. The lowest BCUT2D eigenvalue weighted by Crippen LogP contribution is -2.21. The van der Waals surface area contributed by atoms with Gasteiger partial charge in [0.2, 0.25) is 16.9 Å². The number of aromatic nitrogens is 2. The Labute approximate surface area is 168 Å². The number of thioether (sulfide) groups is 1. The molecule has 2 rings (SSSR count). The van der Waals surface area contributed by atoms with Crippen molar-refractivity contribution in [1.29, 1.82) is 0 Å². The third-order valence-electron chi connectivity index (χ3n) is 3.79. The Morgan fingerprint density at radius 2 is 1.89 bits per heavy atom. The molecule has 1 aromatic carbocycles. The van der Waals surface area contributed by atoms with Gasteiger partial charge in [0.05, 0.1) is 11.3 Å². The second kappa shape index (κ2) is 9.87. The maximum absolute atomic E-state index is 12.7. The van der Waals surface area contributed by atoms with Crippen molar-refractivity contribution in [2.24, 2.45) is 5.92 Å². The van der Waals surface area contributed by atoms with Gasteiger partial charge in [0.25, 0.3) is 0 Å². The molecule has 0 aliphatic carbocycles. The molecule has 2 amide bonds. The normalized spacial score (nSPS) is 11.5. The molecule has 0 saturated heterocycles. The van der Waals surface area contributed by atoms with Gasteiger partial charge in [-0.1, -0.05) is 43.0 Å². The average Bonchev–Trinajstić information content (AvgIpc) is 3.08. The Hall–Kier alpha value is -2.14. The SMILES string of the molecule is CCC(CC)C(=O)Nc1nnc(SCC(=O)Nc2cccc(C(F)(F)F)c2)s1. The van der Waals surface area contributed by atoms with E-state index in [0.717, 1.165) is 48.1 Å². The summed E-state index contributed by atoms with van der Waals surface area (Å²) in [5.41, 5.74) is -0.768. The number of carbonyl (C=O) groups excluding carboxylic acids is 2. The summed E-state index contributed by atoms with van der Waals surface area (Å²) in [5.74, 6) is -0.744. The predicted molar refractivity (Wildman–Crippen MR) is 103 cm³/mol. The smallest absolute Gasteiger partial charge is 0.325 e. The van der Waals surface area contributed by atoms with E-state index in [0.29, 0.717) is 9.47 Å². The molecule has 0 aliphatic rings. The quantitative estimate of drug-likeness (QED) is 0.468. The second-order valence-corrected chi connectivity index (χ2v) is 7.99. The number of rotatable bonds is 8. The van der Waals surface area contributed by atoms with E-state index in [-0.39, 0.29) is 23.3 Å². The van der Waals surface area contributed by atoms with Crippen LogP contribution in [0.2, 0.25) is 0 Å². The monoisotopic (exact) mass is 432 g/mol. The van der Waals surface area contributed by atoms with Crippen molar-refractivity contribution in [3.05, 3.63) is 29.8 Å². The number of hydrogen-bond donors (Lipinski definition) is 2. The van der Waals surface area contributed by atoms with Gasteiger partial charge >= 0.3 is 6.18 Å². The van der Waals surface area contributed by atoms with Crippen LogP contribution >= 0.6 is 23.1 Å². The lowest BCUT2D eigenvalue weighted by Gasteiger charge is -2.10. The number of alkyl halides is 3. The number of carbonyl (C=O) groups is 2. The van der Waals surface area contributed by atoms with E-state index in [9.17, 15) is 22.8 Å². The van der Waals surface area contributed by atoms with Crippen molar-refractivity contribution in [2.45, 2.75) is 37.2 Å². The van der Waals surface area contributed by atoms with Crippen LogP contribution in [0.15, 0.2) is 28.6 Å². The number of anilines is 2. The zero-order valence-corrected chi connectivity index (χ0v) is 16.8. The molecular weight excluding hydrogens is 413 g/mol. The van der Waals surface area contributed by atoms with E-state index in [2.05, 4.69) is 20.8 Å². The van der Waals surface area contributed by atoms with Crippen molar-refractivity contribution in [3.8, 4) is 0 Å². The number of amides is 2. The topological polar surface area (TPSA) is 84.0 Å². The molecule has 0 atom stereocenters. The number of nitrogens with zero attached hydrogens (tertiary/aromatic N) is 2. The number of benzene rings is 1. The first-order chi connectivity index (χ1) is 13.2. The minimum atomic E-state index is -4.47. The summed E-state index contributed by atoms with van der Waals surface area (Å²) in [6.45, 7) is 3.86. The Morgan fingerprint density at radius 1 is 1.18 bits per heavy atom. The van der Waals surface area contributed by atoms with Gasteiger partial charge in [-0.05, 0) is 31.0 Å². The van der Waals surface area contributed by atoms with Gasteiger partial charge in [-0.3, -0.25) is 9.59 Å². The van der Waals surface area contributed by atoms with Gasteiger partial charge in [-0.15, -0.1) is 10.2 Å². The zero-order chi connectivity index (χ0) is 20.7. The lowest BCUT2D eigenvalue weighted by atomic mass is 10.0. The molecule has 0 unspecified atom stereocenters. The first-order valence-corrected chi connectivity index (χ1v) is 10.3. The highest BCUT2D eigenvalue weighted by Gasteiger charge is 2.30. The molecule has 28 heavy (non-hydrogen) atoms. The van der Waals surface area contributed by atoms with Crippen LogP contribution in [-0.4, -0.2) is 27.8 Å². The van der Waals surface area contributed by atoms with E-state index >= 15 is 0 Å². The number of nitrogens with one attached hydrogen (secondary N) is 2. The summed E-state index contributed by atoms with van der Waals surface area (Å²) in [6.07, 6.45) is -3.03. The molecule has 11 heteroatoms. The van der Waals surface area contributed by atoms with E-state index in [1.54, 1.807) is 0 Å². The van der Waals surface area contributed by atoms with Crippen LogP contribution in [0.4, 0.5) is 24.0 Å². The first-order valence-electron chi connectivity index (χ1n) is 8.47. The first kappa shape index (κ1) is 22.2. The molecule has 1 aromatic heterocycles. The minimum absolute atomic E-state index is 0.0502. The van der Waals surface area contributed by atoms with Crippen molar-refractivity contribution >= 4 is 45.7 Å². The van der Waals surface area contributed by atoms with E-state index in [4.69, 9.17) is 0 Å². The van der Waals surface area contributed by atoms with Crippen LogP contribution in [0.25, 0.3) is 0 Å². The molecule has 0 fully saturated rings. The second-order valence-electron chi connectivity index (χ2n) is 5.79. The highest BCUT2D eigenvalue weighted by molar-refractivity contribution is 8.01. The third kappa shape index (κ3) is 6.48. The summed E-state index contributed by atoms with van der Waals surface area (Å²) in [6, 6.07) is 4.42. The fraction of sp³-hybridized carbons (Fsp3) is 0.412. The van der Waals surface area contributed by atoms with Crippen molar-refractivity contribution in [1.82, 2.24) is 10.2 Å². The zero-order valence-electron chi connectivity index (χ0n) is 15.2. The van der Waals surface area contributed by atoms with Crippen LogP contribution in [0.3, 0.4) is 0 Å². The van der Waals surface area contributed by atoms with Crippen LogP contribution in [0.5, 0.6) is 0 Å². The molecule has 2 aromatic rings. The molecule has 0 bridgehead atoms. The van der Waals surface area contributed by atoms with Gasteiger partial charge in [0.15, 0.2) is 4.34 Å². The fourth-order valence-corrected chi connectivity index (χ4v) is 3.84. The molecule has 0 aliphatic heterocycles. The van der Waals surface area contributed by atoms with E-state index in [1.807, 2.05) is 13.8 Å². The lowest BCUT2D eigenvalue weighted by molar-refractivity contribution is -0.137. The maximum atomic E-state index is 12.7. The number of hydrogen-bond acceptors (Lipinski definition) is 6. The Kier molecular flexibility index (Phi) is 7.81. The molecule has 0 spiro atoms. The fourth-order valence-electron chi connectivity index (χ4n) is 2.28. The third-order valence-corrected chi connectivity index (χ3v) is 5.77. The van der Waals surface area contributed by atoms with Crippen molar-refractivity contribution in [3.63, 3.8) is 0 Å². The molecule has 0 radical (unpaired) electrons. The van der Waals surface area contributed by atoms with Gasteiger partial charge in [-0.2, -0.15) is 13.2 Å². The highest BCUT2D eigenvalue weighted by atomic mass is 32.2. The maximum Gasteiger partial charge on any atom is 0.416 e. The molecule has 0 saturated carbocycles. The van der Waals surface area contributed by atoms with E-state index < -0.39 is 17.6 Å². The van der Waals surface area contributed by atoms with Gasteiger partial charge < -0.3 is 10.6 Å². The Morgan fingerprint density at radius 3 is 2.54 bits per heavy atom. The van der Waals surface area contributed by atoms with Crippen LogP contribution in [0, 0.1) is 5.92 Å². The number of halogens is 3. The summed E-state index contributed by atoms with van der Waals surface area (Å²) < 4.78 is 38.6.